The molecule has 0 saturated carbocycles. The molecule has 0 saturated heterocycles. The Labute approximate surface area is 81.8 Å². The van der Waals surface area contributed by atoms with Crippen LogP contribution in [0.25, 0.3) is 0 Å². The van der Waals surface area contributed by atoms with E-state index in [9.17, 15) is 4.79 Å². The normalized spacial score (nSPS) is 8.92. The lowest BCUT2D eigenvalue weighted by atomic mass is 10.2. The summed E-state index contributed by atoms with van der Waals surface area (Å²) < 4.78 is 0. The average Bonchev–Trinajstić information content (AvgIpc) is 2.18. The van der Waals surface area contributed by atoms with Gasteiger partial charge in [0.2, 0.25) is 5.91 Å². The number of hydrogen-bond donors (Lipinski definition) is 2. The molecule has 1 N–H and O–H groups in total. The molecule has 0 radical (unpaired) electrons. The van der Waals surface area contributed by atoms with Gasteiger partial charge in [0.1, 0.15) is 0 Å². The number of hydrogen-bond acceptors (Lipinski definition) is 3. The van der Waals surface area contributed by atoms with E-state index in [0.29, 0.717) is 11.3 Å². The van der Waals surface area contributed by atoms with Gasteiger partial charge in [-0.2, -0.15) is 17.9 Å². The second kappa shape index (κ2) is 4.53. The van der Waals surface area contributed by atoms with Gasteiger partial charge < -0.3 is 5.32 Å². The highest BCUT2D eigenvalue weighted by Crippen LogP contribution is 2.09. The van der Waals surface area contributed by atoms with Crippen molar-refractivity contribution in [2.24, 2.45) is 0 Å². The number of nitrogens with one attached hydrogen (secondary N) is 1. The number of amides is 1. The first-order valence-corrected chi connectivity index (χ1v) is 4.30. The Balaban J connectivity index is 2.79. The minimum Gasteiger partial charge on any atom is -0.325 e. The summed E-state index contributed by atoms with van der Waals surface area (Å²) in [4.78, 5) is 10.9. The third-order valence-corrected chi connectivity index (χ3v) is 1.71. The molecule has 0 aliphatic carbocycles. The molecule has 0 fully saturated rings. The van der Waals surface area contributed by atoms with Gasteiger partial charge in [-0.3, -0.25) is 4.79 Å². The number of anilines is 1. The van der Waals surface area contributed by atoms with Crippen LogP contribution in [0.2, 0.25) is 0 Å². The maximum absolute atomic E-state index is 10.9. The lowest BCUT2D eigenvalue weighted by Crippen LogP contribution is -2.12. The molecule has 0 spiro atoms. The van der Waals surface area contributed by atoms with E-state index in [2.05, 4.69) is 17.9 Å². The Morgan fingerprint density at radius 2 is 2.38 bits per heavy atom. The van der Waals surface area contributed by atoms with Crippen LogP contribution in [0.15, 0.2) is 24.3 Å². The van der Waals surface area contributed by atoms with Crippen LogP contribution in [0.4, 0.5) is 5.69 Å². The summed E-state index contributed by atoms with van der Waals surface area (Å²) in [5.74, 6) is -0.0463. The van der Waals surface area contributed by atoms with Crippen molar-refractivity contribution in [2.75, 3.05) is 11.1 Å². The predicted molar refractivity (Wildman–Crippen MR) is 53.6 cm³/mol. The Morgan fingerprint density at radius 1 is 1.62 bits per heavy atom. The molecule has 3 nitrogen and oxygen atoms in total. The number of nitrogens with zero attached hydrogens (tertiary/aromatic N) is 1. The number of carbonyl (C=O) groups is 1. The zero-order valence-corrected chi connectivity index (χ0v) is 7.71. The summed E-state index contributed by atoms with van der Waals surface area (Å²) >= 11 is 3.82. The van der Waals surface area contributed by atoms with E-state index in [1.165, 1.54) is 0 Å². The lowest BCUT2D eigenvalue weighted by Gasteiger charge is -2.02. The van der Waals surface area contributed by atoms with Crippen LogP contribution in [0.5, 0.6) is 0 Å². The molecule has 0 bridgehead atoms. The van der Waals surface area contributed by atoms with E-state index >= 15 is 0 Å². The summed E-state index contributed by atoms with van der Waals surface area (Å²) in [6.45, 7) is 0. The van der Waals surface area contributed by atoms with Gasteiger partial charge in [0.15, 0.2) is 0 Å². The molecule has 1 rings (SSSR count). The van der Waals surface area contributed by atoms with Crippen LogP contribution in [0.1, 0.15) is 5.56 Å². The molecule has 66 valence electrons. The van der Waals surface area contributed by atoms with Crippen molar-refractivity contribution in [3.63, 3.8) is 0 Å². The molecule has 0 aromatic heterocycles. The van der Waals surface area contributed by atoms with E-state index in [1.54, 1.807) is 24.3 Å². The molecule has 0 heterocycles. The first kappa shape index (κ1) is 9.62. The van der Waals surface area contributed by atoms with Gasteiger partial charge in [0.25, 0.3) is 0 Å². The lowest BCUT2D eigenvalue weighted by molar-refractivity contribution is -0.113. The van der Waals surface area contributed by atoms with Crippen LogP contribution >= 0.6 is 12.6 Å². The highest BCUT2D eigenvalue weighted by Gasteiger charge is 1.99. The van der Waals surface area contributed by atoms with E-state index in [4.69, 9.17) is 5.26 Å². The molecular formula is C9H8N2OS. The fraction of sp³-hybridized carbons (Fsp3) is 0.111. The summed E-state index contributed by atoms with van der Waals surface area (Å²) in [6, 6.07) is 8.72. The summed E-state index contributed by atoms with van der Waals surface area (Å²) in [6.07, 6.45) is 0. The molecule has 0 aliphatic heterocycles. The third-order valence-electron chi connectivity index (χ3n) is 1.42. The molecule has 1 amide bonds. The van der Waals surface area contributed by atoms with Gasteiger partial charge in [-0.1, -0.05) is 6.07 Å². The van der Waals surface area contributed by atoms with Crippen LogP contribution < -0.4 is 5.32 Å². The van der Waals surface area contributed by atoms with Crippen molar-refractivity contribution < 1.29 is 4.79 Å². The number of carbonyl (C=O) groups excluding carboxylic acids is 1. The molecule has 0 aliphatic rings. The predicted octanol–water partition coefficient (Wildman–Crippen LogP) is 1.43. The van der Waals surface area contributed by atoms with Crippen LogP contribution in [-0.2, 0) is 4.79 Å². The first-order chi connectivity index (χ1) is 6.26. The smallest absolute Gasteiger partial charge is 0.234 e. The van der Waals surface area contributed by atoms with Crippen molar-refractivity contribution >= 4 is 24.2 Å². The van der Waals surface area contributed by atoms with Crippen LogP contribution in [-0.4, -0.2) is 11.7 Å². The molecule has 13 heavy (non-hydrogen) atoms. The molecular weight excluding hydrogens is 184 g/mol. The second-order valence-corrected chi connectivity index (χ2v) is 2.72. The molecule has 1 aromatic carbocycles. The number of thiol groups is 1. The monoisotopic (exact) mass is 192 g/mol. The number of nitriles is 1. The van der Waals surface area contributed by atoms with Crippen LogP contribution in [0, 0.1) is 11.3 Å². The summed E-state index contributed by atoms with van der Waals surface area (Å²) in [5.41, 5.74) is 1.15. The van der Waals surface area contributed by atoms with E-state index < -0.39 is 0 Å². The molecule has 4 heteroatoms. The van der Waals surface area contributed by atoms with Gasteiger partial charge in [-0.15, -0.1) is 0 Å². The fourth-order valence-corrected chi connectivity index (χ4v) is 0.946. The Kier molecular flexibility index (Phi) is 3.35. The maximum Gasteiger partial charge on any atom is 0.234 e. The average molecular weight is 192 g/mol. The number of rotatable bonds is 2. The topological polar surface area (TPSA) is 52.9 Å². The SMILES string of the molecule is N#Cc1cccc(NC(=O)CS)c1. The van der Waals surface area contributed by atoms with E-state index in [-0.39, 0.29) is 11.7 Å². The summed E-state index contributed by atoms with van der Waals surface area (Å²) in [5, 5.41) is 11.2. The van der Waals surface area contributed by atoms with Gasteiger partial charge in [-0.25, -0.2) is 0 Å². The molecule has 0 atom stereocenters. The highest BCUT2D eigenvalue weighted by atomic mass is 32.1. The zero-order chi connectivity index (χ0) is 9.68. The highest BCUT2D eigenvalue weighted by molar-refractivity contribution is 7.81. The number of benzene rings is 1. The minimum atomic E-state index is -0.182. The maximum atomic E-state index is 10.9. The van der Waals surface area contributed by atoms with Gasteiger partial charge in [0, 0.05) is 5.69 Å². The van der Waals surface area contributed by atoms with Crippen molar-refractivity contribution in [2.45, 2.75) is 0 Å². The van der Waals surface area contributed by atoms with Gasteiger partial charge >= 0.3 is 0 Å². The van der Waals surface area contributed by atoms with Crippen LogP contribution in [0.3, 0.4) is 0 Å². The Morgan fingerprint density at radius 3 is 3.00 bits per heavy atom. The Hall–Kier alpha value is -1.47. The van der Waals surface area contributed by atoms with Crippen molar-refractivity contribution in [1.82, 2.24) is 0 Å². The first-order valence-electron chi connectivity index (χ1n) is 3.67. The van der Waals surface area contributed by atoms with E-state index in [1.807, 2.05) is 6.07 Å². The van der Waals surface area contributed by atoms with E-state index in [0.717, 1.165) is 0 Å². The zero-order valence-electron chi connectivity index (χ0n) is 6.82. The second-order valence-electron chi connectivity index (χ2n) is 2.40. The van der Waals surface area contributed by atoms with Crippen molar-refractivity contribution in [3.05, 3.63) is 29.8 Å². The minimum absolute atomic E-state index is 0.136. The molecule has 1 aromatic rings. The third kappa shape index (κ3) is 2.80. The molecule has 0 unspecified atom stereocenters. The quantitative estimate of drug-likeness (QED) is 0.696. The van der Waals surface area contributed by atoms with Crippen molar-refractivity contribution in [1.29, 1.82) is 5.26 Å². The fourth-order valence-electron chi connectivity index (χ4n) is 0.867. The van der Waals surface area contributed by atoms with Crippen molar-refractivity contribution in [3.8, 4) is 6.07 Å². The standard InChI is InChI=1S/C9H8N2OS/c10-5-7-2-1-3-8(4-7)11-9(12)6-13/h1-4,13H,6H2,(H,11,12). The largest absolute Gasteiger partial charge is 0.325 e. The van der Waals surface area contributed by atoms with Gasteiger partial charge in [-0.05, 0) is 18.2 Å². The summed E-state index contributed by atoms with van der Waals surface area (Å²) in [7, 11) is 0. The Bertz CT molecular complexity index is 357. The van der Waals surface area contributed by atoms with Gasteiger partial charge in [0.05, 0.1) is 17.4 Å².